The molecule has 1 unspecified atom stereocenters. The minimum Gasteiger partial charge on any atom is -0.479 e. The third-order valence-corrected chi connectivity index (χ3v) is 2.38. The Hall–Kier alpha value is -2.01. The van der Waals surface area contributed by atoms with Crippen LogP contribution in [-0.2, 0) is 4.79 Å². The van der Waals surface area contributed by atoms with Gasteiger partial charge in [-0.25, -0.2) is 4.79 Å². The first-order valence-corrected chi connectivity index (χ1v) is 5.04. The quantitative estimate of drug-likeness (QED) is 0.592. The zero-order valence-electron chi connectivity index (χ0n) is 9.21. The largest absolute Gasteiger partial charge is 0.479 e. The van der Waals surface area contributed by atoms with Crippen molar-refractivity contribution in [3.63, 3.8) is 0 Å². The van der Waals surface area contributed by atoms with E-state index in [9.17, 15) is 19.5 Å². The maximum atomic E-state index is 11.5. The van der Waals surface area contributed by atoms with Crippen LogP contribution in [-0.4, -0.2) is 28.3 Å². The number of aliphatic carboxylic acids is 1. The molecule has 17 heavy (non-hydrogen) atoms. The molecule has 0 bridgehead atoms. The van der Waals surface area contributed by atoms with Crippen LogP contribution in [0.25, 0.3) is 0 Å². The summed E-state index contributed by atoms with van der Waals surface area (Å²) in [6.45, 7) is 1.64. The Labute approximate surface area is 97.7 Å². The number of carboxylic acid groups (broad SMARTS) is 1. The summed E-state index contributed by atoms with van der Waals surface area (Å²) in [6.07, 6.45) is -0.966. The first kappa shape index (κ1) is 13.1. The van der Waals surface area contributed by atoms with Crippen LogP contribution in [0.2, 0.25) is 0 Å². The Morgan fingerprint density at radius 3 is 2.53 bits per heavy atom. The normalized spacial score (nSPS) is 11.9. The SMILES string of the molecule is CCC(=O)c1cc(C(O)C(=O)O)ccc1C=O. The average molecular weight is 236 g/mol. The van der Waals surface area contributed by atoms with Gasteiger partial charge in [-0.15, -0.1) is 0 Å². The molecule has 0 saturated carbocycles. The van der Waals surface area contributed by atoms with Gasteiger partial charge < -0.3 is 10.2 Å². The summed E-state index contributed by atoms with van der Waals surface area (Å²) in [7, 11) is 0. The molecule has 5 heteroatoms. The van der Waals surface area contributed by atoms with E-state index in [0.29, 0.717) is 6.29 Å². The van der Waals surface area contributed by atoms with E-state index in [-0.39, 0.29) is 28.9 Å². The lowest BCUT2D eigenvalue weighted by Crippen LogP contribution is -2.12. The molecule has 0 spiro atoms. The maximum absolute atomic E-state index is 11.5. The molecule has 1 atom stereocenters. The average Bonchev–Trinajstić information content (AvgIpc) is 2.35. The lowest BCUT2D eigenvalue weighted by Gasteiger charge is -2.09. The predicted molar refractivity (Wildman–Crippen MR) is 59.0 cm³/mol. The number of hydrogen-bond acceptors (Lipinski definition) is 4. The van der Waals surface area contributed by atoms with Crippen LogP contribution in [0.15, 0.2) is 18.2 Å². The summed E-state index contributed by atoms with van der Waals surface area (Å²) in [6, 6.07) is 3.89. The van der Waals surface area contributed by atoms with Crippen molar-refractivity contribution in [1.82, 2.24) is 0 Å². The van der Waals surface area contributed by atoms with Crippen LogP contribution < -0.4 is 0 Å². The first-order valence-electron chi connectivity index (χ1n) is 5.04. The molecule has 5 nitrogen and oxygen atoms in total. The summed E-state index contributed by atoms with van der Waals surface area (Å²) >= 11 is 0. The maximum Gasteiger partial charge on any atom is 0.337 e. The minimum absolute atomic E-state index is 0.0832. The molecule has 0 fully saturated rings. The van der Waals surface area contributed by atoms with E-state index in [1.807, 2.05) is 0 Å². The van der Waals surface area contributed by atoms with E-state index < -0.39 is 12.1 Å². The zero-order valence-corrected chi connectivity index (χ0v) is 9.21. The van der Waals surface area contributed by atoms with E-state index >= 15 is 0 Å². The van der Waals surface area contributed by atoms with E-state index in [0.717, 1.165) is 0 Å². The number of carboxylic acids is 1. The standard InChI is InChI=1S/C12H12O5/c1-2-10(14)9-5-7(11(15)12(16)17)3-4-8(9)6-13/h3-6,11,15H,2H2,1H3,(H,16,17). The van der Waals surface area contributed by atoms with Crippen LogP contribution in [0.4, 0.5) is 0 Å². The van der Waals surface area contributed by atoms with Crippen molar-refractivity contribution < 1.29 is 24.6 Å². The topological polar surface area (TPSA) is 91.7 Å². The van der Waals surface area contributed by atoms with E-state index in [2.05, 4.69) is 0 Å². The van der Waals surface area contributed by atoms with Crippen molar-refractivity contribution in [3.05, 3.63) is 34.9 Å². The predicted octanol–water partition coefficient (Wildman–Crippen LogP) is 1.21. The van der Waals surface area contributed by atoms with Crippen molar-refractivity contribution in [2.24, 2.45) is 0 Å². The molecule has 1 aromatic rings. The Bertz CT molecular complexity index is 464. The van der Waals surface area contributed by atoms with Crippen LogP contribution in [0.3, 0.4) is 0 Å². The van der Waals surface area contributed by atoms with E-state index in [4.69, 9.17) is 5.11 Å². The van der Waals surface area contributed by atoms with Crippen LogP contribution >= 0.6 is 0 Å². The van der Waals surface area contributed by atoms with Crippen molar-refractivity contribution >= 4 is 18.0 Å². The van der Waals surface area contributed by atoms with Crippen LogP contribution in [0.1, 0.15) is 45.7 Å². The fraction of sp³-hybridized carbons (Fsp3) is 0.250. The number of carbonyl (C=O) groups is 3. The van der Waals surface area contributed by atoms with Crippen LogP contribution in [0, 0.1) is 0 Å². The molecule has 0 aliphatic heterocycles. The molecule has 0 aliphatic carbocycles. The number of aliphatic hydroxyl groups excluding tert-OH is 1. The lowest BCUT2D eigenvalue weighted by atomic mass is 9.97. The molecule has 1 aromatic carbocycles. The summed E-state index contributed by atoms with van der Waals surface area (Å²) < 4.78 is 0. The van der Waals surface area contributed by atoms with Crippen molar-refractivity contribution in [2.45, 2.75) is 19.4 Å². The van der Waals surface area contributed by atoms with Gasteiger partial charge >= 0.3 is 5.97 Å². The number of ketones is 1. The summed E-state index contributed by atoms with van der Waals surface area (Å²) in [5.74, 6) is -1.68. The molecule has 0 heterocycles. The Morgan fingerprint density at radius 2 is 2.06 bits per heavy atom. The van der Waals surface area contributed by atoms with Gasteiger partial charge in [-0.3, -0.25) is 9.59 Å². The third-order valence-electron chi connectivity index (χ3n) is 2.38. The van der Waals surface area contributed by atoms with Crippen molar-refractivity contribution in [3.8, 4) is 0 Å². The highest BCUT2D eigenvalue weighted by Crippen LogP contribution is 2.18. The Morgan fingerprint density at radius 1 is 1.41 bits per heavy atom. The van der Waals surface area contributed by atoms with Gasteiger partial charge in [0.2, 0.25) is 0 Å². The van der Waals surface area contributed by atoms with Gasteiger partial charge in [-0.05, 0) is 11.6 Å². The number of aliphatic hydroxyl groups is 1. The monoisotopic (exact) mass is 236 g/mol. The second-order valence-electron chi connectivity index (χ2n) is 3.48. The smallest absolute Gasteiger partial charge is 0.337 e. The number of rotatable bonds is 5. The van der Waals surface area contributed by atoms with E-state index in [1.54, 1.807) is 6.92 Å². The fourth-order valence-electron chi connectivity index (χ4n) is 1.42. The molecule has 0 amide bonds. The molecular formula is C12H12O5. The van der Waals surface area contributed by atoms with Crippen molar-refractivity contribution in [2.75, 3.05) is 0 Å². The number of benzene rings is 1. The minimum atomic E-state index is -1.70. The molecular weight excluding hydrogens is 224 g/mol. The molecule has 0 radical (unpaired) electrons. The van der Waals surface area contributed by atoms with Gasteiger partial charge in [0.05, 0.1) is 0 Å². The molecule has 0 saturated heterocycles. The summed E-state index contributed by atoms with van der Waals surface area (Å²) in [5.41, 5.74) is 0.415. The first-order chi connectivity index (χ1) is 8.01. The number of hydrogen-bond donors (Lipinski definition) is 2. The summed E-state index contributed by atoms with van der Waals surface area (Å²) in [5, 5.41) is 18.0. The zero-order chi connectivity index (χ0) is 13.0. The highest BCUT2D eigenvalue weighted by molar-refractivity contribution is 6.02. The molecule has 90 valence electrons. The second-order valence-corrected chi connectivity index (χ2v) is 3.48. The second kappa shape index (κ2) is 5.36. The van der Waals surface area contributed by atoms with Gasteiger partial charge in [-0.2, -0.15) is 0 Å². The summed E-state index contributed by atoms with van der Waals surface area (Å²) in [4.78, 5) is 32.9. The fourth-order valence-corrected chi connectivity index (χ4v) is 1.42. The van der Waals surface area contributed by atoms with Crippen molar-refractivity contribution in [1.29, 1.82) is 0 Å². The molecule has 1 rings (SSSR count). The van der Waals surface area contributed by atoms with Gasteiger partial charge in [-0.1, -0.05) is 19.1 Å². The molecule has 2 N–H and O–H groups in total. The van der Waals surface area contributed by atoms with Gasteiger partial charge in [0.15, 0.2) is 18.2 Å². The van der Waals surface area contributed by atoms with E-state index in [1.165, 1.54) is 18.2 Å². The molecule has 0 aliphatic rings. The highest BCUT2D eigenvalue weighted by Gasteiger charge is 2.18. The highest BCUT2D eigenvalue weighted by atomic mass is 16.4. The van der Waals surface area contributed by atoms with Crippen LogP contribution in [0.5, 0.6) is 0 Å². The van der Waals surface area contributed by atoms with Gasteiger partial charge in [0.1, 0.15) is 0 Å². The van der Waals surface area contributed by atoms with Gasteiger partial charge in [0, 0.05) is 17.5 Å². The Balaban J connectivity index is 3.26. The number of Topliss-reactive ketones (excluding diaryl/α,β-unsaturated/α-hetero) is 1. The lowest BCUT2D eigenvalue weighted by molar-refractivity contribution is -0.146. The van der Waals surface area contributed by atoms with Gasteiger partial charge in [0.25, 0.3) is 0 Å². The number of carbonyl (C=O) groups excluding carboxylic acids is 2. The third kappa shape index (κ3) is 2.76. The number of aldehydes is 1. The Kier molecular flexibility index (Phi) is 4.12. The molecule has 0 aromatic heterocycles.